The number of aromatic nitrogens is 2. The molecule has 1 heterocycles. The van der Waals surface area contributed by atoms with Crippen molar-refractivity contribution in [2.45, 2.75) is 19.8 Å². The number of benzene rings is 1. The highest BCUT2D eigenvalue weighted by Crippen LogP contribution is 2.19. The van der Waals surface area contributed by atoms with E-state index >= 15 is 0 Å². The zero-order valence-corrected chi connectivity index (χ0v) is 10.2. The van der Waals surface area contributed by atoms with E-state index in [1.165, 1.54) is 0 Å². The van der Waals surface area contributed by atoms with Gasteiger partial charge in [-0.2, -0.15) is 0 Å². The molecule has 0 saturated heterocycles. The van der Waals surface area contributed by atoms with Crippen molar-refractivity contribution < 1.29 is 9.90 Å². The minimum absolute atomic E-state index is 0.162. The predicted molar refractivity (Wildman–Crippen MR) is 69.6 cm³/mol. The molecule has 94 valence electrons. The topological polar surface area (TPSA) is 75.1 Å². The first kappa shape index (κ1) is 12.3. The Hall–Kier alpha value is -2.17. The molecule has 0 bridgehead atoms. The Morgan fingerprint density at radius 2 is 2.11 bits per heavy atom. The Bertz CT molecular complexity index is 569. The Labute approximate surface area is 105 Å². The Morgan fingerprint density at radius 3 is 2.89 bits per heavy atom. The Morgan fingerprint density at radius 1 is 1.33 bits per heavy atom. The van der Waals surface area contributed by atoms with Crippen molar-refractivity contribution in [2.75, 3.05) is 11.9 Å². The highest BCUT2D eigenvalue weighted by molar-refractivity contribution is 5.88. The van der Waals surface area contributed by atoms with Crippen LogP contribution in [-0.2, 0) is 4.79 Å². The molecule has 18 heavy (non-hydrogen) atoms. The van der Waals surface area contributed by atoms with E-state index in [2.05, 4.69) is 15.3 Å². The molecule has 0 radical (unpaired) electrons. The molecule has 2 aromatic rings. The number of nitrogens with one attached hydrogen (secondary N) is 1. The molecule has 5 heteroatoms. The quantitative estimate of drug-likeness (QED) is 0.790. The zero-order chi connectivity index (χ0) is 13.0. The number of carbonyl (C=O) groups is 1. The van der Waals surface area contributed by atoms with E-state index in [9.17, 15) is 4.79 Å². The van der Waals surface area contributed by atoms with Gasteiger partial charge >= 0.3 is 5.97 Å². The van der Waals surface area contributed by atoms with Gasteiger partial charge in [-0.25, -0.2) is 9.97 Å². The monoisotopic (exact) mass is 245 g/mol. The summed E-state index contributed by atoms with van der Waals surface area (Å²) in [5.74, 6) is 0.693. The van der Waals surface area contributed by atoms with E-state index in [1.54, 1.807) is 0 Å². The lowest BCUT2D eigenvalue weighted by atomic mass is 10.2. The molecule has 1 aromatic heterocycles. The van der Waals surface area contributed by atoms with Crippen LogP contribution in [0, 0.1) is 6.92 Å². The number of aliphatic carboxylic acids is 1. The number of hydrogen-bond acceptors (Lipinski definition) is 4. The second-order valence-electron chi connectivity index (χ2n) is 4.06. The maximum absolute atomic E-state index is 10.4. The van der Waals surface area contributed by atoms with Gasteiger partial charge in [0.2, 0.25) is 0 Å². The molecule has 5 nitrogen and oxygen atoms in total. The van der Waals surface area contributed by atoms with E-state index in [-0.39, 0.29) is 6.42 Å². The van der Waals surface area contributed by atoms with Crippen LogP contribution in [0.5, 0.6) is 0 Å². The number of hydrogen-bond donors (Lipinski definition) is 2. The summed E-state index contributed by atoms with van der Waals surface area (Å²) in [6.07, 6.45) is 0.738. The van der Waals surface area contributed by atoms with Gasteiger partial charge in [0.15, 0.2) is 0 Å². The standard InChI is InChI=1S/C13H15N3O2/c1-9-15-11-6-3-2-5-10(11)13(16-9)14-8-4-7-12(17)18/h2-3,5-6H,4,7-8H2,1H3,(H,17,18)(H,14,15,16). The fourth-order valence-corrected chi connectivity index (χ4v) is 1.77. The van der Waals surface area contributed by atoms with Crippen molar-refractivity contribution in [2.24, 2.45) is 0 Å². The van der Waals surface area contributed by atoms with Gasteiger partial charge in [0, 0.05) is 18.4 Å². The summed E-state index contributed by atoms with van der Waals surface area (Å²) in [6.45, 7) is 2.43. The molecule has 0 aliphatic heterocycles. The van der Waals surface area contributed by atoms with Crippen molar-refractivity contribution >= 4 is 22.7 Å². The van der Waals surface area contributed by atoms with Crippen molar-refractivity contribution in [3.63, 3.8) is 0 Å². The molecule has 2 N–H and O–H groups in total. The van der Waals surface area contributed by atoms with Crippen LogP contribution in [0.3, 0.4) is 0 Å². The largest absolute Gasteiger partial charge is 0.481 e. The number of carboxylic acids is 1. The molecule has 0 aliphatic carbocycles. The Kier molecular flexibility index (Phi) is 3.72. The van der Waals surface area contributed by atoms with E-state index in [0.717, 1.165) is 16.7 Å². The molecule has 0 unspecified atom stereocenters. The lowest BCUT2D eigenvalue weighted by Crippen LogP contribution is -2.07. The fourth-order valence-electron chi connectivity index (χ4n) is 1.77. The summed E-state index contributed by atoms with van der Waals surface area (Å²) in [5.41, 5.74) is 0.894. The van der Waals surface area contributed by atoms with Crippen molar-refractivity contribution in [3.05, 3.63) is 30.1 Å². The number of rotatable bonds is 5. The van der Waals surface area contributed by atoms with Crippen LogP contribution in [0.25, 0.3) is 10.9 Å². The van der Waals surface area contributed by atoms with E-state index in [4.69, 9.17) is 5.11 Å². The first-order valence-electron chi connectivity index (χ1n) is 5.86. The third kappa shape index (κ3) is 2.94. The predicted octanol–water partition coefficient (Wildman–Crippen LogP) is 2.21. The van der Waals surface area contributed by atoms with Crippen LogP contribution < -0.4 is 5.32 Å². The molecule has 0 fully saturated rings. The molecule has 2 rings (SSSR count). The van der Waals surface area contributed by atoms with Crippen molar-refractivity contribution in [1.29, 1.82) is 0 Å². The minimum atomic E-state index is -0.777. The van der Waals surface area contributed by atoms with Crippen LogP contribution in [0.1, 0.15) is 18.7 Å². The number of para-hydroxylation sites is 1. The molecule has 0 aliphatic rings. The number of nitrogens with zero attached hydrogens (tertiary/aromatic N) is 2. The number of aryl methyl sites for hydroxylation is 1. The minimum Gasteiger partial charge on any atom is -0.481 e. The first-order chi connectivity index (χ1) is 8.66. The van der Waals surface area contributed by atoms with Crippen molar-refractivity contribution in [3.8, 4) is 0 Å². The van der Waals surface area contributed by atoms with Gasteiger partial charge in [-0.05, 0) is 25.5 Å². The zero-order valence-electron chi connectivity index (χ0n) is 10.2. The molecular weight excluding hydrogens is 230 g/mol. The van der Waals surface area contributed by atoms with Crippen LogP contribution in [0.2, 0.25) is 0 Å². The Balaban J connectivity index is 2.14. The summed E-state index contributed by atoms with van der Waals surface area (Å²) in [4.78, 5) is 19.1. The van der Waals surface area contributed by atoms with E-state index in [1.807, 2.05) is 31.2 Å². The average Bonchev–Trinajstić information content (AvgIpc) is 2.34. The van der Waals surface area contributed by atoms with Crippen LogP contribution in [0.4, 0.5) is 5.82 Å². The van der Waals surface area contributed by atoms with Crippen LogP contribution in [0.15, 0.2) is 24.3 Å². The van der Waals surface area contributed by atoms with Crippen molar-refractivity contribution in [1.82, 2.24) is 9.97 Å². The summed E-state index contributed by atoms with van der Waals surface area (Å²) in [7, 11) is 0. The molecular formula is C13H15N3O2. The molecule has 0 atom stereocenters. The highest BCUT2D eigenvalue weighted by atomic mass is 16.4. The highest BCUT2D eigenvalue weighted by Gasteiger charge is 2.04. The normalized spacial score (nSPS) is 10.5. The molecule has 0 saturated carbocycles. The molecule has 0 amide bonds. The maximum Gasteiger partial charge on any atom is 0.303 e. The van der Waals surface area contributed by atoms with Gasteiger partial charge < -0.3 is 10.4 Å². The lowest BCUT2D eigenvalue weighted by molar-refractivity contribution is -0.137. The summed E-state index contributed by atoms with van der Waals surface area (Å²) in [5, 5.41) is 12.7. The number of carboxylic acid groups (broad SMARTS) is 1. The SMILES string of the molecule is Cc1nc(NCCCC(=O)O)c2ccccc2n1. The van der Waals surface area contributed by atoms with Gasteiger partial charge in [-0.3, -0.25) is 4.79 Å². The van der Waals surface area contributed by atoms with Gasteiger partial charge in [0.05, 0.1) is 5.52 Å². The lowest BCUT2D eigenvalue weighted by Gasteiger charge is -2.08. The summed E-state index contributed by atoms with van der Waals surface area (Å²) in [6, 6.07) is 7.76. The molecule has 0 spiro atoms. The van der Waals surface area contributed by atoms with Crippen LogP contribution in [-0.4, -0.2) is 27.6 Å². The van der Waals surface area contributed by atoms with E-state index in [0.29, 0.717) is 18.8 Å². The van der Waals surface area contributed by atoms with Gasteiger partial charge in [0.1, 0.15) is 11.6 Å². The average molecular weight is 245 g/mol. The smallest absolute Gasteiger partial charge is 0.303 e. The first-order valence-corrected chi connectivity index (χ1v) is 5.86. The van der Waals surface area contributed by atoms with Gasteiger partial charge in [0.25, 0.3) is 0 Å². The maximum atomic E-state index is 10.4. The molecule has 1 aromatic carbocycles. The third-order valence-electron chi connectivity index (χ3n) is 2.57. The van der Waals surface area contributed by atoms with Crippen LogP contribution >= 0.6 is 0 Å². The van der Waals surface area contributed by atoms with Gasteiger partial charge in [-0.15, -0.1) is 0 Å². The number of anilines is 1. The van der Waals surface area contributed by atoms with Gasteiger partial charge in [-0.1, -0.05) is 12.1 Å². The second kappa shape index (κ2) is 5.44. The van der Waals surface area contributed by atoms with E-state index < -0.39 is 5.97 Å². The second-order valence-corrected chi connectivity index (χ2v) is 4.06. The summed E-state index contributed by atoms with van der Waals surface area (Å²) < 4.78 is 0. The fraction of sp³-hybridized carbons (Fsp3) is 0.308. The summed E-state index contributed by atoms with van der Waals surface area (Å²) >= 11 is 0. The third-order valence-corrected chi connectivity index (χ3v) is 2.57. The number of fused-ring (bicyclic) bond motifs is 1.